The van der Waals surface area contributed by atoms with Crippen LogP contribution in [0, 0.1) is 0 Å². The van der Waals surface area contributed by atoms with Gasteiger partial charge in [-0.3, -0.25) is 4.79 Å². The molecular weight excluding hydrogens is 180 g/mol. The number of sulfone groups is 1. The van der Waals surface area contributed by atoms with E-state index in [9.17, 15) is 13.2 Å². The maximum atomic E-state index is 10.6. The molecule has 0 aromatic heterocycles. The fourth-order valence-corrected chi connectivity index (χ4v) is 1.30. The van der Waals surface area contributed by atoms with E-state index < -0.39 is 9.84 Å². The molecule has 3 N–H and O–H groups in total. The zero-order valence-corrected chi connectivity index (χ0v) is 7.86. The van der Waals surface area contributed by atoms with Gasteiger partial charge < -0.3 is 11.1 Å². The zero-order chi connectivity index (χ0) is 9.61. The van der Waals surface area contributed by atoms with E-state index in [1.807, 2.05) is 0 Å². The topological polar surface area (TPSA) is 89.3 Å². The maximum Gasteiger partial charge on any atom is 0.233 e. The number of amides is 1. The average Bonchev–Trinajstić information content (AvgIpc) is 1.96. The van der Waals surface area contributed by atoms with Crippen LogP contribution in [0.3, 0.4) is 0 Å². The molecule has 0 heterocycles. The molecule has 0 aliphatic heterocycles. The number of hydrogen-bond acceptors (Lipinski definition) is 4. The molecule has 5 nitrogen and oxygen atoms in total. The first-order valence-corrected chi connectivity index (χ1v) is 5.66. The van der Waals surface area contributed by atoms with E-state index in [0.717, 1.165) is 6.26 Å². The minimum absolute atomic E-state index is 0.0567. The number of carbonyl (C=O) groups excluding carboxylic acids is 1. The van der Waals surface area contributed by atoms with E-state index in [4.69, 9.17) is 5.73 Å². The van der Waals surface area contributed by atoms with Gasteiger partial charge >= 0.3 is 0 Å². The summed E-state index contributed by atoms with van der Waals surface area (Å²) in [5, 5.41) is 2.48. The van der Waals surface area contributed by atoms with Crippen LogP contribution in [0.2, 0.25) is 0 Å². The van der Waals surface area contributed by atoms with Crippen LogP contribution in [-0.4, -0.2) is 39.4 Å². The van der Waals surface area contributed by atoms with E-state index in [2.05, 4.69) is 5.32 Å². The smallest absolute Gasteiger partial charge is 0.233 e. The van der Waals surface area contributed by atoms with Crippen molar-refractivity contribution in [2.24, 2.45) is 5.73 Å². The van der Waals surface area contributed by atoms with Gasteiger partial charge in [0.1, 0.15) is 9.84 Å². The van der Waals surface area contributed by atoms with Gasteiger partial charge in [0.05, 0.1) is 12.3 Å². The third kappa shape index (κ3) is 7.49. The SMILES string of the molecule is CS(=O)(=O)CCCNC(=O)CN. The van der Waals surface area contributed by atoms with Crippen molar-refractivity contribution in [2.45, 2.75) is 6.42 Å². The first kappa shape index (κ1) is 11.4. The van der Waals surface area contributed by atoms with Gasteiger partial charge in [-0.15, -0.1) is 0 Å². The van der Waals surface area contributed by atoms with E-state index in [1.165, 1.54) is 0 Å². The van der Waals surface area contributed by atoms with Gasteiger partial charge in [0.2, 0.25) is 5.91 Å². The van der Waals surface area contributed by atoms with Crippen LogP contribution in [0.15, 0.2) is 0 Å². The van der Waals surface area contributed by atoms with Crippen molar-refractivity contribution in [2.75, 3.05) is 25.1 Å². The Labute approximate surface area is 72.2 Å². The maximum absolute atomic E-state index is 10.6. The quantitative estimate of drug-likeness (QED) is 0.521. The standard InChI is InChI=1S/C6H14N2O3S/c1-12(10,11)4-2-3-8-6(9)5-7/h2-5,7H2,1H3,(H,8,9). The van der Waals surface area contributed by atoms with Crippen LogP contribution >= 0.6 is 0 Å². The van der Waals surface area contributed by atoms with Crippen molar-refractivity contribution in [3.05, 3.63) is 0 Å². The molecule has 0 aromatic carbocycles. The third-order valence-corrected chi connectivity index (χ3v) is 2.23. The van der Waals surface area contributed by atoms with Gasteiger partial charge in [-0.25, -0.2) is 8.42 Å². The normalized spacial score (nSPS) is 11.2. The summed E-state index contributed by atoms with van der Waals surface area (Å²) in [6, 6.07) is 0. The predicted molar refractivity (Wildman–Crippen MR) is 46.4 cm³/mol. The van der Waals surface area contributed by atoms with Gasteiger partial charge in [-0.2, -0.15) is 0 Å². The summed E-state index contributed by atoms with van der Waals surface area (Å²) in [7, 11) is -2.91. The molecule has 0 rings (SSSR count). The molecule has 0 bridgehead atoms. The highest BCUT2D eigenvalue weighted by atomic mass is 32.2. The lowest BCUT2D eigenvalue weighted by Gasteiger charge is -2.01. The lowest BCUT2D eigenvalue weighted by molar-refractivity contribution is -0.119. The highest BCUT2D eigenvalue weighted by Crippen LogP contribution is 1.86. The molecule has 0 unspecified atom stereocenters. The summed E-state index contributed by atoms with van der Waals surface area (Å²) >= 11 is 0. The molecule has 0 aliphatic carbocycles. The largest absolute Gasteiger partial charge is 0.355 e. The monoisotopic (exact) mass is 194 g/mol. The van der Waals surface area contributed by atoms with Crippen molar-refractivity contribution in [1.82, 2.24) is 5.32 Å². The minimum atomic E-state index is -2.91. The molecule has 0 fully saturated rings. The van der Waals surface area contributed by atoms with Crippen molar-refractivity contribution in [3.8, 4) is 0 Å². The first-order chi connectivity index (χ1) is 5.45. The Bertz CT molecular complexity index is 235. The summed E-state index contributed by atoms with van der Waals surface area (Å²) in [6.07, 6.45) is 1.60. The Hall–Kier alpha value is -0.620. The first-order valence-electron chi connectivity index (χ1n) is 3.60. The van der Waals surface area contributed by atoms with Gasteiger partial charge in [0, 0.05) is 12.8 Å². The highest BCUT2D eigenvalue weighted by Gasteiger charge is 2.01. The van der Waals surface area contributed by atoms with Crippen LogP contribution in [-0.2, 0) is 14.6 Å². The Balaban J connectivity index is 3.40. The van der Waals surface area contributed by atoms with Crippen molar-refractivity contribution < 1.29 is 13.2 Å². The summed E-state index contributed by atoms with van der Waals surface area (Å²) in [4.78, 5) is 10.6. The highest BCUT2D eigenvalue weighted by molar-refractivity contribution is 7.90. The predicted octanol–water partition coefficient (Wildman–Crippen LogP) is -1.50. The lowest BCUT2D eigenvalue weighted by atomic mass is 10.4. The Kier molecular flexibility index (Phi) is 4.84. The van der Waals surface area contributed by atoms with Gasteiger partial charge in [0.25, 0.3) is 0 Å². The van der Waals surface area contributed by atoms with Crippen LogP contribution in [0.25, 0.3) is 0 Å². The lowest BCUT2D eigenvalue weighted by Crippen LogP contribution is -2.31. The second-order valence-corrected chi connectivity index (χ2v) is 4.80. The van der Waals surface area contributed by atoms with Gasteiger partial charge in [-0.05, 0) is 6.42 Å². The van der Waals surface area contributed by atoms with Gasteiger partial charge in [-0.1, -0.05) is 0 Å². The van der Waals surface area contributed by atoms with Crippen molar-refractivity contribution in [3.63, 3.8) is 0 Å². The van der Waals surface area contributed by atoms with E-state index in [-0.39, 0.29) is 18.2 Å². The molecule has 0 spiro atoms. The van der Waals surface area contributed by atoms with Crippen LogP contribution < -0.4 is 11.1 Å². The van der Waals surface area contributed by atoms with E-state index in [0.29, 0.717) is 13.0 Å². The third-order valence-electron chi connectivity index (χ3n) is 1.20. The van der Waals surface area contributed by atoms with Crippen molar-refractivity contribution >= 4 is 15.7 Å². The number of hydrogen-bond donors (Lipinski definition) is 2. The molecular formula is C6H14N2O3S. The molecule has 12 heavy (non-hydrogen) atoms. The van der Waals surface area contributed by atoms with Crippen LogP contribution in [0.1, 0.15) is 6.42 Å². The van der Waals surface area contributed by atoms with Crippen molar-refractivity contribution in [1.29, 1.82) is 0 Å². The summed E-state index contributed by atoms with van der Waals surface area (Å²) in [5.74, 6) is -0.166. The molecule has 0 aliphatic rings. The molecule has 0 aromatic rings. The van der Waals surface area contributed by atoms with E-state index in [1.54, 1.807) is 0 Å². The number of nitrogens with two attached hydrogens (primary N) is 1. The second kappa shape index (κ2) is 5.10. The Morgan fingerprint density at radius 2 is 2.08 bits per heavy atom. The zero-order valence-electron chi connectivity index (χ0n) is 7.04. The molecule has 6 heteroatoms. The van der Waals surface area contributed by atoms with E-state index >= 15 is 0 Å². The minimum Gasteiger partial charge on any atom is -0.355 e. The summed E-state index contributed by atoms with van der Waals surface area (Å²) in [6.45, 7) is 0.308. The summed E-state index contributed by atoms with van der Waals surface area (Å²) in [5.41, 5.74) is 5.01. The molecule has 1 amide bonds. The molecule has 72 valence electrons. The molecule has 0 saturated carbocycles. The fourth-order valence-electron chi connectivity index (χ4n) is 0.634. The molecule has 0 atom stereocenters. The summed E-state index contributed by atoms with van der Waals surface area (Å²) < 4.78 is 21.2. The number of carbonyl (C=O) groups is 1. The Morgan fingerprint density at radius 1 is 1.50 bits per heavy atom. The second-order valence-electron chi connectivity index (χ2n) is 2.54. The Morgan fingerprint density at radius 3 is 2.50 bits per heavy atom. The van der Waals surface area contributed by atoms with Gasteiger partial charge in [0.15, 0.2) is 0 Å². The van der Waals surface area contributed by atoms with Crippen LogP contribution in [0.5, 0.6) is 0 Å². The molecule has 0 radical (unpaired) electrons. The number of nitrogens with one attached hydrogen (secondary N) is 1. The average molecular weight is 194 g/mol. The van der Waals surface area contributed by atoms with Crippen LogP contribution in [0.4, 0.5) is 0 Å². The molecule has 0 saturated heterocycles. The fraction of sp³-hybridized carbons (Fsp3) is 0.833. The number of rotatable bonds is 5.